The number of fused-ring (bicyclic) bond motifs is 1. The van der Waals surface area contributed by atoms with Crippen molar-refractivity contribution < 1.29 is 23.1 Å². The zero-order valence-corrected chi connectivity index (χ0v) is 15.4. The summed E-state index contributed by atoms with van der Waals surface area (Å²) in [5.41, 5.74) is 0.989. The Labute approximate surface area is 157 Å². The Morgan fingerprint density at radius 2 is 1.85 bits per heavy atom. The van der Waals surface area contributed by atoms with Gasteiger partial charge in [0.15, 0.2) is 5.78 Å². The molecule has 0 saturated carbocycles. The number of amides is 2. The van der Waals surface area contributed by atoms with E-state index in [1.165, 1.54) is 12.1 Å². The predicted molar refractivity (Wildman–Crippen MR) is 94.8 cm³/mol. The first-order valence-electron chi connectivity index (χ1n) is 9.46. The molecule has 27 heavy (non-hydrogen) atoms. The highest BCUT2D eigenvalue weighted by Gasteiger charge is 2.40. The number of alkyl halides is 2. The number of ketones is 1. The normalized spacial score (nSPS) is 26.6. The third-order valence-corrected chi connectivity index (χ3v) is 5.92. The molecule has 0 spiro atoms. The van der Waals surface area contributed by atoms with Crippen molar-refractivity contribution in [2.75, 3.05) is 32.8 Å². The Balaban J connectivity index is 1.31. The molecular weight excluding hydrogens is 354 g/mol. The Bertz CT molecular complexity index is 726. The van der Waals surface area contributed by atoms with Crippen LogP contribution in [0.5, 0.6) is 0 Å². The number of Topliss-reactive ketones (excluding diaryl/α,β-unsaturated/α-hetero) is 1. The maximum Gasteiger partial charge on any atom is 0.320 e. The lowest BCUT2D eigenvalue weighted by Gasteiger charge is -2.46. The zero-order chi connectivity index (χ0) is 19.2. The molecule has 7 heteroatoms. The first-order valence-corrected chi connectivity index (χ1v) is 9.46. The summed E-state index contributed by atoms with van der Waals surface area (Å²) in [6.45, 7) is 3.50. The number of ether oxygens (including phenoxy) is 1. The van der Waals surface area contributed by atoms with E-state index in [2.05, 4.69) is 0 Å². The first kappa shape index (κ1) is 18.3. The van der Waals surface area contributed by atoms with Gasteiger partial charge in [-0.15, -0.1) is 0 Å². The van der Waals surface area contributed by atoms with Crippen molar-refractivity contribution in [2.24, 2.45) is 5.92 Å². The molecule has 3 aliphatic heterocycles. The first-order chi connectivity index (χ1) is 12.8. The van der Waals surface area contributed by atoms with Gasteiger partial charge in [0.05, 0.1) is 6.10 Å². The van der Waals surface area contributed by atoms with E-state index in [9.17, 15) is 18.4 Å². The number of carbonyl (C=O) groups excluding carboxylic acids is 2. The second-order valence-corrected chi connectivity index (χ2v) is 7.98. The van der Waals surface area contributed by atoms with Crippen molar-refractivity contribution in [2.45, 2.75) is 37.7 Å². The lowest BCUT2D eigenvalue weighted by molar-refractivity contribution is -0.140. The van der Waals surface area contributed by atoms with Crippen molar-refractivity contribution in [3.05, 3.63) is 35.4 Å². The van der Waals surface area contributed by atoms with E-state index in [0.717, 1.165) is 18.9 Å². The number of hydrogen-bond donors (Lipinski definition) is 0. The summed E-state index contributed by atoms with van der Waals surface area (Å²) in [5, 5.41) is 0. The monoisotopic (exact) mass is 378 g/mol. The van der Waals surface area contributed by atoms with Gasteiger partial charge in [-0.05, 0) is 12.0 Å². The van der Waals surface area contributed by atoms with Gasteiger partial charge in [0.2, 0.25) is 0 Å². The zero-order valence-electron chi connectivity index (χ0n) is 15.4. The van der Waals surface area contributed by atoms with Crippen molar-refractivity contribution in [1.29, 1.82) is 0 Å². The number of piperidine rings is 1. The third kappa shape index (κ3) is 3.70. The van der Waals surface area contributed by atoms with Crippen LogP contribution in [0.1, 0.15) is 36.8 Å². The highest BCUT2D eigenvalue weighted by atomic mass is 19.3. The summed E-state index contributed by atoms with van der Waals surface area (Å²) in [5.74, 6) is -2.44. The molecule has 1 aromatic rings. The summed E-state index contributed by atoms with van der Waals surface area (Å²) >= 11 is 0. The van der Waals surface area contributed by atoms with E-state index in [1.807, 2.05) is 4.90 Å². The summed E-state index contributed by atoms with van der Waals surface area (Å²) in [4.78, 5) is 27.9. The van der Waals surface area contributed by atoms with Gasteiger partial charge in [0.25, 0.3) is 5.92 Å². The molecule has 3 heterocycles. The molecule has 3 saturated heterocycles. The van der Waals surface area contributed by atoms with Crippen LogP contribution in [0.2, 0.25) is 0 Å². The van der Waals surface area contributed by atoms with E-state index in [0.29, 0.717) is 32.6 Å². The predicted octanol–water partition coefficient (Wildman–Crippen LogP) is 3.00. The lowest BCUT2D eigenvalue weighted by Crippen LogP contribution is -2.58. The molecule has 3 aliphatic rings. The molecule has 0 bridgehead atoms. The van der Waals surface area contributed by atoms with E-state index in [-0.39, 0.29) is 41.9 Å². The Morgan fingerprint density at radius 1 is 1.15 bits per heavy atom. The Hall–Kier alpha value is -2.02. The van der Waals surface area contributed by atoms with Crippen LogP contribution >= 0.6 is 0 Å². The minimum absolute atomic E-state index is 0.000524. The second kappa shape index (κ2) is 6.86. The van der Waals surface area contributed by atoms with Gasteiger partial charge >= 0.3 is 6.03 Å². The largest absolute Gasteiger partial charge is 0.370 e. The standard InChI is InChI=1S/C20H24F2N2O3/c1-20(21,22)16-4-2-13(3-5-16)15-10-24(11-15)19(26)23-7-6-18-14(9-23)8-17(25)12-27-18/h2-5,14-15,18H,6-12H2,1H3/t14-,18+/m1/s1. The van der Waals surface area contributed by atoms with Crippen LogP contribution in [0, 0.1) is 5.92 Å². The van der Waals surface area contributed by atoms with E-state index in [1.54, 1.807) is 17.0 Å². The molecule has 0 N–H and O–H groups in total. The molecule has 2 atom stereocenters. The minimum Gasteiger partial charge on any atom is -0.370 e. The number of likely N-dealkylation sites (tertiary alicyclic amines) is 2. The number of halogens is 2. The number of benzene rings is 1. The molecule has 5 nitrogen and oxygen atoms in total. The van der Waals surface area contributed by atoms with Crippen LogP contribution in [0.3, 0.4) is 0 Å². The average molecular weight is 378 g/mol. The summed E-state index contributed by atoms with van der Waals surface area (Å²) < 4.78 is 32.2. The van der Waals surface area contributed by atoms with Crippen molar-refractivity contribution >= 4 is 11.8 Å². The smallest absolute Gasteiger partial charge is 0.320 e. The fourth-order valence-electron chi connectivity index (χ4n) is 4.24. The number of urea groups is 1. The van der Waals surface area contributed by atoms with Crippen LogP contribution in [-0.4, -0.2) is 60.5 Å². The van der Waals surface area contributed by atoms with Gasteiger partial charge in [0.1, 0.15) is 6.61 Å². The molecule has 0 aliphatic carbocycles. The average Bonchev–Trinajstić information content (AvgIpc) is 2.59. The summed E-state index contributed by atoms with van der Waals surface area (Å²) in [7, 11) is 0. The SMILES string of the molecule is CC(F)(F)c1ccc(C2CN(C(=O)N3CC[C@@H]4OCC(=O)C[C@@H]4C3)C2)cc1. The molecule has 0 aromatic heterocycles. The van der Waals surface area contributed by atoms with E-state index < -0.39 is 5.92 Å². The minimum atomic E-state index is -2.84. The second-order valence-electron chi connectivity index (χ2n) is 7.98. The molecule has 3 fully saturated rings. The molecule has 1 aromatic carbocycles. The maximum atomic E-state index is 13.3. The molecule has 2 amide bonds. The highest BCUT2D eigenvalue weighted by molar-refractivity contribution is 5.81. The van der Waals surface area contributed by atoms with E-state index >= 15 is 0 Å². The molecular formula is C20H24F2N2O3. The quantitative estimate of drug-likeness (QED) is 0.795. The van der Waals surface area contributed by atoms with Crippen LogP contribution in [0.25, 0.3) is 0 Å². The van der Waals surface area contributed by atoms with Gasteiger partial charge in [-0.3, -0.25) is 4.79 Å². The maximum absolute atomic E-state index is 13.3. The van der Waals surface area contributed by atoms with E-state index in [4.69, 9.17) is 4.74 Å². The number of carbonyl (C=O) groups is 2. The number of nitrogens with zero attached hydrogens (tertiary/aromatic N) is 2. The van der Waals surface area contributed by atoms with Crippen LogP contribution in [0.15, 0.2) is 24.3 Å². The Kier molecular flexibility index (Phi) is 4.66. The number of hydrogen-bond acceptors (Lipinski definition) is 3. The molecule has 4 rings (SSSR count). The Morgan fingerprint density at radius 3 is 2.52 bits per heavy atom. The van der Waals surface area contributed by atoms with Crippen molar-refractivity contribution in [3.63, 3.8) is 0 Å². The van der Waals surface area contributed by atoms with Gasteiger partial charge < -0.3 is 14.5 Å². The van der Waals surface area contributed by atoms with Crippen LogP contribution in [0.4, 0.5) is 13.6 Å². The molecule has 0 unspecified atom stereocenters. The van der Waals surface area contributed by atoms with Gasteiger partial charge in [0, 0.05) is 56.9 Å². The van der Waals surface area contributed by atoms with Crippen LogP contribution in [-0.2, 0) is 15.5 Å². The topological polar surface area (TPSA) is 49.9 Å². The number of rotatable bonds is 2. The summed E-state index contributed by atoms with van der Waals surface area (Å²) in [6.07, 6.45) is 1.35. The van der Waals surface area contributed by atoms with Crippen molar-refractivity contribution in [3.8, 4) is 0 Å². The van der Waals surface area contributed by atoms with Crippen molar-refractivity contribution in [1.82, 2.24) is 9.80 Å². The fraction of sp³-hybridized carbons (Fsp3) is 0.600. The lowest BCUT2D eigenvalue weighted by atomic mass is 9.87. The summed E-state index contributed by atoms with van der Waals surface area (Å²) in [6, 6.07) is 6.39. The highest BCUT2D eigenvalue weighted by Crippen LogP contribution is 2.33. The van der Waals surface area contributed by atoms with Gasteiger partial charge in [-0.1, -0.05) is 24.3 Å². The third-order valence-electron chi connectivity index (χ3n) is 5.92. The molecule has 0 radical (unpaired) electrons. The molecule has 146 valence electrons. The van der Waals surface area contributed by atoms with Gasteiger partial charge in [-0.25, -0.2) is 13.6 Å². The van der Waals surface area contributed by atoms with Gasteiger partial charge in [-0.2, -0.15) is 0 Å². The van der Waals surface area contributed by atoms with Crippen LogP contribution < -0.4 is 0 Å². The fourth-order valence-corrected chi connectivity index (χ4v) is 4.24.